The average molecular weight is 426 g/mol. The van der Waals surface area contributed by atoms with Gasteiger partial charge in [-0.25, -0.2) is 0 Å². The third-order valence-corrected chi connectivity index (χ3v) is 6.56. The van der Waals surface area contributed by atoms with Crippen LogP contribution in [0.1, 0.15) is 40.9 Å². The molecule has 1 aliphatic heterocycles. The van der Waals surface area contributed by atoms with Crippen molar-refractivity contribution in [2.45, 2.75) is 32.4 Å². The van der Waals surface area contributed by atoms with E-state index in [4.69, 9.17) is 0 Å². The number of rotatable bonds is 3. The number of carbonyl (C=O) groups excluding carboxylic acids is 2. The van der Waals surface area contributed by atoms with Crippen molar-refractivity contribution < 1.29 is 9.59 Å². The molecule has 0 fully saturated rings. The molecule has 2 amide bonds. The van der Waals surface area contributed by atoms with Crippen molar-refractivity contribution in [1.29, 1.82) is 0 Å². The first-order valence-electron chi connectivity index (χ1n) is 11.2. The van der Waals surface area contributed by atoms with Crippen LogP contribution < -0.4 is 9.80 Å². The molecular formula is C27H27N3O2. The van der Waals surface area contributed by atoms with E-state index in [-0.39, 0.29) is 17.7 Å². The molecule has 2 heterocycles. The lowest BCUT2D eigenvalue weighted by atomic mass is 9.93. The molecule has 162 valence electrons. The van der Waals surface area contributed by atoms with Crippen LogP contribution in [-0.2, 0) is 17.9 Å². The third kappa shape index (κ3) is 3.75. The van der Waals surface area contributed by atoms with Gasteiger partial charge >= 0.3 is 0 Å². The van der Waals surface area contributed by atoms with Crippen molar-refractivity contribution in [1.82, 2.24) is 4.57 Å². The second-order valence-corrected chi connectivity index (χ2v) is 8.57. The van der Waals surface area contributed by atoms with E-state index in [0.717, 1.165) is 48.4 Å². The van der Waals surface area contributed by atoms with Crippen molar-refractivity contribution in [2.24, 2.45) is 5.92 Å². The number of nitrogens with zero attached hydrogens (tertiary/aromatic N) is 3. The average Bonchev–Trinajstić information content (AvgIpc) is 3.22. The van der Waals surface area contributed by atoms with Crippen LogP contribution in [0.25, 0.3) is 0 Å². The van der Waals surface area contributed by atoms with Crippen molar-refractivity contribution >= 4 is 23.2 Å². The molecule has 1 unspecified atom stereocenters. The molecule has 0 spiro atoms. The van der Waals surface area contributed by atoms with E-state index >= 15 is 0 Å². The lowest BCUT2D eigenvalue weighted by Crippen LogP contribution is -2.33. The minimum absolute atomic E-state index is 0.0370. The Morgan fingerprint density at radius 1 is 0.938 bits per heavy atom. The molecule has 0 radical (unpaired) electrons. The van der Waals surface area contributed by atoms with E-state index in [1.807, 2.05) is 60.5 Å². The van der Waals surface area contributed by atoms with Gasteiger partial charge in [0.15, 0.2) is 0 Å². The van der Waals surface area contributed by atoms with Crippen LogP contribution in [0, 0.1) is 5.92 Å². The molecule has 5 rings (SSSR count). The van der Waals surface area contributed by atoms with Gasteiger partial charge in [-0.1, -0.05) is 30.4 Å². The van der Waals surface area contributed by atoms with Gasteiger partial charge in [0.2, 0.25) is 5.91 Å². The Morgan fingerprint density at radius 2 is 1.75 bits per heavy atom. The normalized spacial score (nSPS) is 17.3. The number of hydrogen-bond acceptors (Lipinski definition) is 2. The van der Waals surface area contributed by atoms with Crippen molar-refractivity contribution in [3.8, 4) is 0 Å². The zero-order valence-corrected chi connectivity index (χ0v) is 18.3. The fourth-order valence-corrected chi connectivity index (χ4v) is 4.67. The molecule has 5 nitrogen and oxygen atoms in total. The highest BCUT2D eigenvalue weighted by Crippen LogP contribution is 2.30. The standard InChI is InChI=1S/C27H27N3O2/c1-28(26(31)20-8-3-2-4-9-20)23-15-13-21(14-16-23)27(32)30-19-24-11-7-17-29(24)18-22-10-5-6-12-25(22)30/h2-3,5-7,10-17,20H,4,8-9,18-19H2,1H3. The summed E-state index contributed by atoms with van der Waals surface area (Å²) in [6.07, 6.45) is 8.95. The number of carbonyl (C=O) groups is 2. The molecule has 2 aromatic carbocycles. The fraction of sp³-hybridized carbons (Fsp3) is 0.259. The summed E-state index contributed by atoms with van der Waals surface area (Å²) in [6.45, 7) is 1.28. The van der Waals surface area contributed by atoms with E-state index in [9.17, 15) is 9.59 Å². The maximum absolute atomic E-state index is 13.5. The van der Waals surface area contributed by atoms with Crippen LogP contribution in [0.15, 0.2) is 79.0 Å². The van der Waals surface area contributed by atoms with E-state index in [0.29, 0.717) is 12.1 Å². The van der Waals surface area contributed by atoms with Gasteiger partial charge in [0, 0.05) is 48.3 Å². The molecule has 0 bridgehead atoms. The van der Waals surface area contributed by atoms with Crippen molar-refractivity contribution in [3.63, 3.8) is 0 Å². The van der Waals surface area contributed by atoms with E-state index in [1.54, 1.807) is 4.90 Å². The maximum Gasteiger partial charge on any atom is 0.258 e. The Morgan fingerprint density at radius 3 is 2.53 bits per heavy atom. The molecular weight excluding hydrogens is 398 g/mol. The lowest BCUT2D eigenvalue weighted by Gasteiger charge is -2.25. The van der Waals surface area contributed by atoms with Crippen LogP contribution in [0.2, 0.25) is 0 Å². The van der Waals surface area contributed by atoms with Crippen LogP contribution in [0.3, 0.4) is 0 Å². The zero-order chi connectivity index (χ0) is 22.1. The Hall–Kier alpha value is -3.60. The summed E-state index contributed by atoms with van der Waals surface area (Å²) in [5.74, 6) is 0.136. The first kappa shape index (κ1) is 20.3. The van der Waals surface area contributed by atoms with Crippen LogP contribution in [-0.4, -0.2) is 23.4 Å². The molecule has 1 atom stereocenters. The lowest BCUT2D eigenvalue weighted by molar-refractivity contribution is -0.122. The van der Waals surface area contributed by atoms with Crippen molar-refractivity contribution in [3.05, 3.63) is 95.8 Å². The molecule has 3 aromatic rings. The zero-order valence-electron chi connectivity index (χ0n) is 18.3. The molecule has 0 saturated heterocycles. The predicted octanol–water partition coefficient (Wildman–Crippen LogP) is 5.02. The van der Waals surface area contributed by atoms with Gasteiger partial charge in [-0.2, -0.15) is 0 Å². The third-order valence-electron chi connectivity index (χ3n) is 6.56. The summed E-state index contributed by atoms with van der Waals surface area (Å²) in [6, 6.07) is 19.6. The number of aromatic nitrogens is 1. The summed E-state index contributed by atoms with van der Waals surface area (Å²) < 4.78 is 2.19. The number of fused-ring (bicyclic) bond motifs is 2. The summed E-state index contributed by atoms with van der Waals surface area (Å²) in [4.78, 5) is 30.0. The van der Waals surface area contributed by atoms with Crippen LogP contribution >= 0.6 is 0 Å². The predicted molar refractivity (Wildman–Crippen MR) is 127 cm³/mol. The van der Waals surface area contributed by atoms with Crippen LogP contribution in [0.4, 0.5) is 11.4 Å². The van der Waals surface area contributed by atoms with Gasteiger partial charge in [-0.15, -0.1) is 0 Å². The van der Waals surface area contributed by atoms with Gasteiger partial charge < -0.3 is 14.4 Å². The van der Waals surface area contributed by atoms with Crippen LogP contribution in [0.5, 0.6) is 0 Å². The molecule has 2 aliphatic rings. The van der Waals surface area contributed by atoms with Gasteiger partial charge in [0.05, 0.1) is 6.54 Å². The Balaban J connectivity index is 1.39. The second-order valence-electron chi connectivity index (χ2n) is 8.57. The quantitative estimate of drug-likeness (QED) is 0.554. The Labute approximate surface area is 188 Å². The highest BCUT2D eigenvalue weighted by Gasteiger charge is 2.26. The molecule has 1 aromatic heterocycles. The smallest absolute Gasteiger partial charge is 0.258 e. The Bertz CT molecular complexity index is 1180. The monoisotopic (exact) mass is 425 g/mol. The number of allylic oxidation sites excluding steroid dienone is 2. The van der Waals surface area contributed by atoms with Crippen molar-refractivity contribution in [2.75, 3.05) is 16.8 Å². The van der Waals surface area contributed by atoms with Gasteiger partial charge in [0.25, 0.3) is 5.91 Å². The summed E-state index contributed by atoms with van der Waals surface area (Å²) in [7, 11) is 1.82. The number of benzene rings is 2. The number of amides is 2. The molecule has 0 N–H and O–H groups in total. The van der Waals surface area contributed by atoms with Gasteiger partial charge in [-0.05, 0) is 67.3 Å². The fourth-order valence-electron chi connectivity index (χ4n) is 4.67. The SMILES string of the molecule is CN(C(=O)C1CC=CCC1)c1ccc(C(=O)N2Cc3cccn3Cc3ccccc32)cc1. The van der Waals surface area contributed by atoms with E-state index < -0.39 is 0 Å². The highest BCUT2D eigenvalue weighted by atomic mass is 16.2. The first-order chi connectivity index (χ1) is 15.6. The van der Waals surface area contributed by atoms with E-state index in [2.05, 4.69) is 35.0 Å². The van der Waals surface area contributed by atoms with Gasteiger partial charge in [0.1, 0.15) is 0 Å². The summed E-state index contributed by atoms with van der Waals surface area (Å²) >= 11 is 0. The molecule has 0 saturated carbocycles. The Kier molecular flexibility index (Phi) is 5.39. The number of anilines is 2. The molecule has 1 aliphatic carbocycles. The van der Waals surface area contributed by atoms with E-state index in [1.165, 1.54) is 0 Å². The topological polar surface area (TPSA) is 45.6 Å². The largest absolute Gasteiger partial charge is 0.345 e. The molecule has 5 heteroatoms. The highest BCUT2D eigenvalue weighted by molar-refractivity contribution is 6.07. The summed E-state index contributed by atoms with van der Waals surface area (Å²) in [5, 5.41) is 0. The minimum atomic E-state index is -0.0370. The maximum atomic E-state index is 13.5. The first-order valence-corrected chi connectivity index (χ1v) is 11.2. The number of para-hydroxylation sites is 1. The number of hydrogen-bond donors (Lipinski definition) is 0. The molecule has 32 heavy (non-hydrogen) atoms. The minimum Gasteiger partial charge on any atom is -0.345 e. The second kappa shape index (κ2) is 8.50. The van der Waals surface area contributed by atoms with Gasteiger partial charge in [-0.3, -0.25) is 9.59 Å². The summed E-state index contributed by atoms with van der Waals surface area (Å²) in [5.41, 5.74) is 4.61.